The molecule has 1 saturated heterocycles. The molecule has 0 aromatic heterocycles. The molecule has 1 fully saturated rings. The Morgan fingerprint density at radius 2 is 1.73 bits per heavy atom. The third-order valence-electron chi connectivity index (χ3n) is 3.75. The maximum atomic E-state index is 10.8. The highest BCUT2D eigenvalue weighted by molar-refractivity contribution is 5.75. The summed E-state index contributed by atoms with van der Waals surface area (Å²) in [5.41, 5.74) is 6.10. The van der Waals surface area contributed by atoms with Crippen LogP contribution in [0, 0.1) is 11.8 Å². The van der Waals surface area contributed by atoms with Gasteiger partial charge in [0.2, 0.25) is 5.91 Å². The summed E-state index contributed by atoms with van der Waals surface area (Å²) in [6.07, 6.45) is 1.56. The first kappa shape index (κ1) is 18.2. The maximum absolute atomic E-state index is 10.8. The SMILES string of the molecule is CC(C)C(N)=O.O=C(O)C1CCN(Cc2ccccc2)CC1. The Balaban J connectivity index is 0.000000346. The van der Waals surface area contributed by atoms with Gasteiger partial charge in [0.25, 0.3) is 0 Å². The van der Waals surface area contributed by atoms with Crippen LogP contribution in [0.1, 0.15) is 32.3 Å². The fourth-order valence-electron chi connectivity index (χ4n) is 2.18. The minimum absolute atomic E-state index is 0.00926. The Kier molecular flexibility index (Phi) is 7.60. The van der Waals surface area contributed by atoms with Crippen LogP contribution in [0.4, 0.5) is 0 Å². The molecule has 1 aliphatic heterocycles. The van der Waals surface area contributed by atoms with Gasteiger partial charge in [-0.25, -0.2) is 0 Å². The molecule has 5 heteroatoms. The summed E-state index contributed by atoms with van der Waals surface area (Å²) in [5, 5.41) is 8.90. The molecule has 3 N–H and O–H groups in total. The van der Waals surface area contributed by atoms with Gasteiger partial charge in [-0.2, -0.15) is 0 Å². The molecule has 0 aliphatic carbocycles. The molecule has 1 aliphatic rings. The first-order chi connectivity index (χ1) is 10.4. The minimum Gasteiger partial charge on any atom is -0.481 e. The number of primary amides is 1. The van der Waals surface area contributed by atoms with Crippen molar-refractivity contribution in [3.8, 4) is 0 Å². The van der Waals surface area contributed by atoms with Crippen LogP contribution in [0.3, 0.4) is 0 Å². The molecule has 0 atom stereocenters. The fraction of sp³-hybridized carbons (Fsp3) is 0.529. The van der Waals surface area contributed by atoms with Crippen molar-refractivity contribution in [3.05, 3.63) is 35.9 Å². The third-order valence-corrected chi connectivity index (χ3v) is 3.75. The molecular weight excluding hydrogens is 280 g/mol. The van der Waals surface area contributed by atoms with Gasteiger partial charge in [0.05, 0.1) is 5.92 Å². The normalized spacial score (nSPS) is 16.0. The lowest BCUT2D eigenvalue weighted by molar-refractivity contribution is -0.143. The highest BCUT2D eigenvalue weighted by Crippen LogP contribution is 2.18. The van der Waals surface area contributed by atoms with Gasteiger partial charge < -0.3 is 10.8 Å². The molecule has 0 radical (unpaired) electrons. The number of hydrogen-bond acceptors (Lipinski definition) is 3. The minimum atomic E-state index is -0.639. The smallest absolute Gasteiger partial charge is 0.306 e. The van der Waals surface area contributed by atoms with Crippen LogP contribution < -0.4 is 5.73 Å². The van der Waals surface area contributed by atoms with E-state index in [9.17, 15) is 9.59 Å². The van der Waals surface area contributed by atoms with E-state index in [-0.39, 0.29) is 17.7 Å². The Morgan fingerprint density at radius 3 is 2.14 bits per heavy atom. The average Bonchev–Trinajstić information content (AvgIpc) is 2.49. The van der Waals surface area contributed by atoms with E-state index in [0.29, 0.717) is 0 Å². The topological polar surface area (TPSA) is 83.6 Å². The lowest BCUT2D eigenvalue weighted by atomic mass is 9.97. The van der Waals surface area contributed by atoms with Gasteiger partial charge in [0.15, 0.2) is 0 Å². The standard InChI is InChI=1S/C13H17NO2.C4H9NO/c15-13(16)12-6-8-14(9-7-12)10-11-4-2-1-3-5-11;1-3(2)4(5)6/h1-5,12H,6-10H2,(H,15,16);3H,1-2H3,(H2,5,6). The van der Waals surface area contributed by atoms with Crippen molar-refractivity contribution in [2.75, 3.05) is 13.1 Å². The number of rotatable bonds is 4. The van der Waals surface area contributed by atoms with Crippen LogP contribution in [0.15, 0.2) is 30.3 Å². The Morgan fingerprint density at radius 1 is 1.23 bits per heavy atom. The van der Waals surface area contributed by atoms with Crippen LogP contribution in [-0.4, -0.2) is 35.0 Å². The number of amides is 1. The van der Waals surface area contributed by atoms with Crippen molar-refractivity contribution in [2.24, 2.45) is 17.6 Å². The van der Waals surface area contributed by atoms with Crippen LogP contribution in [0.5, 0.6) is 0 Å². The number of carboxylic acids is 1. The molecule has 2 rings (SSSR count). The van der Waals surface area contributed by atoms with Crippen molar-refractivity contribution in [3.63, 3.8) is 0 Å². The molecule has 0 saturated carbocycles. The fourth-order valence-corrected chi connectivity index (χ4v) is 2.18. The number of benzene rings is 1. The van der Waals surface area contributed by atoms with Gasteiger partial charge in [0, 0.05) is 12.5 Å². The highest BCUT2D eigenvalue weighted by atomic mass is 16.4. The lowest BCUT2D eigenvalue weighted by Crippen LogP contribution is -2.35. The lowest BCUT2D eigenvalue weighted by Gasteiger charge is -2.29. The van der Waals surface area contributed by atoms with Gasteiger partial charge in [0.1, 0.15) is 0 Å². The summed E-state index contributed by atoms with van der Waals surface area (Å²) in [7, 11) is 0. The van der Waals surface area contributed by atoms with E-state index >= 15 is 0 Å². The number of nitrogens with zero attached hydrogens (tertiary/aromatic N) is 1. The summed E-state index contributed by atoms with van der Waals surface area (Å²) < 4.78 is 0. The second-order valence-corrected chi connectivity index (χ2v) is 5.93. The van der Waals surface area contributed by atoms with Crippen molar-refractivity contribution in [1.82, 2.24) is 4.90 Å². The summed E-state index contributed by atoms with van der Waals surface area (Å²) in [6, 6.07) is 10.3. The maximum Gasteiger partial charge on any atom is 0.306 e. The van der Waals surface area contributed by atoms with E-state index in [4.69, 9.17) is 10.8 Å². The second-order valence-electron chi connectivity index (χ2n) is 5.93. The zero-order valence-corrected chi connectivity index (χ0v) is 13.4. The summed E-state index contributed by atoms with van der Waals surface area (Å²) in [4.78, 5) is 23.1. The van der Waals surface area contributed by atoms with Crippen molar-refractivity contribution in [1.29, 1.82) is 0 Å². The summed E-state index contributed by atoms with van der Waals surface area (Å²) in [5.74, 6) is -1.02. The van der Waals surface area contributed by atoms with Crippen molar-refractivity contribution >= 4 is 11.9 Å². The Bertz CT molecular complexity index is 466. The first-order valence-electron chi connectivity index (χ1n) is 7.68. The largest absolute Gasteiger partial charge is 0.481 e. The number of aliphatic carboxylic acids is 1. The van der Waals surface area contributed by atoms with E-state index in [1.165, 1.54) is 5.56 Å². The van der Waals surface area contributed by atoms with Crippen LogP contribution in [0.25, 0.3) is 0 Å². The highest BCUT2D eigenvalue weighted by Gasteiger charge is 2.24. The van der Waals surface area contributed by atoms with Crippen LogP contribution in [0.2, 0.25) is 0 Å². The van der Waals surface area contributed by atoms with Crippen LogP contribution in [-0.2, 0) is 16.1 Å². The van der Waals surface area contributed by atoms with Crippen molar-refractivity contribution < 1.29 is 14.7 Å². The molecule has 0 unspecified atom stereocenters. The molecule has 1 heterocycles. The predicted molar refractivity (Wildman–Crippen MR) is 86.1 cm³/mol. The van der Waals surface area contributed by atoms with Crippen molar-refractivity contribution in [2.45, 2.75) is 33.2 Å². The quantitative estimate of drug-likeness (QED) is 0.892. The van der Waals surface area contributed by atoms with Gasteiger partial charge in [-0.1, -0.05) is 44.2 Å². The van der Waals surface area contributed by atoms with E-state index in [2.05, 4.69) is 17.0 Å². The zero-order chi connectivity index (χ0) is 16.5. The number of likely N-dealkylation sites (tertiary alicyclic amines) is 1. The van der Waals surface area contributed by atoms with E-state index < -0.39 is 5.97 Å². The van der Waals surface area contributed by atoms with Gasteiger partial charge in [-0.05, 0) is 31.5 Å². The number of carbonyl (C=O) groups is 2. The van der Waals surface area contributed by atoms with Gasteiger partial charge >= 0.3 is 5.97 Å². The second kappa shape index (κ2) is 9.20. The molecule has 22 heavy (non-hydrogen) atoms. The number of piperidine rings is 1. The third kappa shape index (κ3) is 6.72. The monoisotopic (exact) mass is 306 g/mol. The summed E-state index contributed by atoms with van der Waals surface area (Å²) in [6.45, 7) is 6.26. The zero-order valence-electron chi connectivity index (χ0n) is 13.4. The molecular formula is C17H26N2O3. The molecule has 0 spiro atoms. The molecule has 1 aromatic rings. The predicted octanol–water partition coefficient (Wildman–Crippen LogP) is 2.11. The molecule has 1 amide bonds. The molecule has 0 bridgehead atoms. The number of hydrogen-bond donors (Lipinski definition) is 2. The van der Waals surface area contributed by atoms with E-state index in [1.807, 2.05) is 18.2 Å². The van der Waals surface area contributed by atoms with Gasteiger partial charge in [-0.3, -0.25) is 14.5 Å². The van der Waals surface area contributed by atoms with E-state index in [1.54, 1.807) is 13.8 Å². The molecule has 5 nitrogen and oxygen atoms in total. The Hall–Kier alpha value is -1.88. The van der Waals surface area contributed by atoms with Crippen LogP contribution >= 0.6 is 0 Å². The number of carbonyl (C=O) groups excluding carboxylic acids is 1. The number of nitrogens with two attached hydrogens (primary N) is 1. The molecule has 122 valence electrons. The Labute approximate surface area is 132 Å². The summed E-state index contributed by atoms with van der Waals surface area (Å²) >= 11 is 0. The number of carboxylic acid groups (broad SMARTS) is 1. The molecule has 1 aromatic carbocycles. The van der Waals surface area contributed by atoms with Gasteiger partial charge in [-0.15, -0.1) is 0 Å². The first-order valence-corrected chi connectivity index (χ1v) is 7.68. The average molecular weight is 306 g/mol. The van der Waals surface area contributed by atoms with E-state index in [0.717, 1.165) is 32.5 Å².